The van der Waals surface area contributed by atoms with Gasteiger partial charge in [-0.15, -0.1) is 0 Å². The maximum absolute atomic E-state index is 12.5. The van der Waals surface area contributed by atoms with Crippen LogP contribution in [0.2, 0.25) is 0 Å². The lowest BCUT2D eigenvalue weighted by atomic mass is 10.1. The predicted octanol–water partition coefficient (Wildman–Crippen LogP) is 2.18. The van der Waals surface area contributed by atoms with Gasteiger partial charge in [-0.1, -0.05) is 12.8 Å². The van der Waals surface area contributed by atoms with Crippen LogP contribution in [0.15, 0.2) is 6.07 Å². The van der Waals surface area contributed by atoms with E-state index in [1.54, 1.807) is 11.0 Å². The maximum atomic E-state index is 12.5. The van der Waals surface area contributed by atoms with Crippen molar-refractivity contribution in [3.63, 3.8) is 0 Å². The standard InChI is InChI=1S/C16H19NO5/c1-20-11-8-10-12(15(22-3)14(11)21-2)13(18)16(19)17(10)9-6-4-5-7-9/h8-9H,4-7H2,1-3H3. The van der Waals surface area contributed by atoms with Gasteiger partial charge in [-0.2, -0.15) is 0 Å². The number of hydrogen-bond donors (Lipinski definition) is 0. The first kappa shape index (κ1) is 14.7. The fraction of sp³-hybridized carbons (Fsp3) is 0.500. The number of anilines is 1. The molecule has 1 aliphatic carbocycles. The Balaban J connectivity index is 2.21. The van der Waals surface area contributed by atoms with Crippen molar-refractivity contribution in [1.29, 1.82) is 0 Å². The minimum Gasteiger partial charge on any atom is -0.493 e. The predicted molar refractivity (Wildman–Crippen MR) is 80.2 cm³/mol. The summed E-state index contributed by atoms with van der Waals surface area (Å²) in [6, 6.07) is 1.76. The van der Waals surface area contributed by atoms with Crippen LogP contribution in [0.1, 0.15) is 36.0 Å². The molecule has 1 fully saturated rings. The molecular weight excluding hydrogens is 286 g/mol. The van der Waals surface area contributed by atoms with Gasteiger partial charge in [0.2, 0.25) is 5.75 Å². The highest BCUT2D eigenvalue weighted by Crippen LogP contribution is 2.49. The van der Waals surface area contributed by atoms with Crippen molar-refractivity contribution in [1.82, 2.24) is 0 Å². The molecule has 0 aromatic heterocycles. The zero-order chi connectivity index (χ0) is 15.9. The van der Waals surface area contributed by atoms with Gasteiger partial charge in [-0.25, -0.2) is 0 Å². The van der Waals surface area contributed by atoms with E-state index in [1.807, 2.05) is 0 Å². The monoisotopic (exact) mass is 305 g/mol. The maximum Gasteiger partial charge on any atom is 0.299 e. The fourth-order valence-corrected chi connectivity index (χ4v) is 3.40. The molecule has 1 aliphatic heterocycles. The van der Waals surface area contributed by atoms with Crippen molar-refractivity contribution >= 4 is 17.4 Å². The normalized spacial score (nSPS) is 17.9. The average Bonchev–Trinajstić information content (AvgIpc) is 3.13. The fourth-order valence-electron chi connectivity index (χ4n) is 3.40. The van der Waals surface area contributed by atoms with Crippen molar-refractivity contribution in [2.75, 3.05) is 26.2 Å². The molecule has 1 amide bonds. The number of rotatable bonds is 4. The minimum absolute atomic E-state index is 0.0699. The number of ketones is 1. The first-order valence-corrected chi connectivity index (χ1v) is 7.34. The number of amides is 1. The molecule has 118 valence electrons. The molecule has 1 heterocycles. The molecule has 0 radical (unpaired) electrons. The Labute approximate surface area is 128 Å². The van der Waals surface area contributed by atoms with Crippen molar-refractivity contribution in [2.45, 2.75) is 31.7 Å². The Morgan fingerprint density at radius 1 is 1.00 bits per heavy atom. The van der Waals surface area contributed by atoms with Gasteiger partial charge < -0.3 is 19.1 Å². The molecule has 22 heavy (non-hydrogen) atoms. The van der Waals surface area contributed by atoms with Crippen LogP contribution in [0.5, 0.6) is 17.2 Å². The Bertz CT molecular complexity index is 634. The summed E-state index contributed by atoms with van der Waals surface area (Å²) in [4.78, 5) is 26.5. The Morgan fingerprint density at radius 2 is 1.64 bits per heavy atom. The van der Waals surface area contributed by atoms with Crippen LogP contribution in [0, 0.1) is 0 Å². The summed E-state index contributed by atoms with van der Waals surface area (Å²) in [6.45, 7) is 0. The largest absolute Gasteiger partial charge is 0.493 e. The topological polar surface area (TPSA) is 65.1 Å². The van der Waals surface area contributed by atoms with Gasteiger partial charge >= 0.3 is 0 Å². The zero-order valence-corrected chi connectivity index (χ0v) is 13.0. The van der Waals surface area contributed by atoms with Crippen LogP contribution in [0.25, 0.3) is 0 Å². The third-order valence-electron chi connectivity index (χ3n) is 4.40. The average molecular weight is 305 g/mol. The number of carbonyl (C=O) groups is 2. The molecule has 1 saturated carbocycles. The first-order valence-electron chi connectivity index (χ1n) is 7.34. The lowest BCUT2D eigenvalue weighted by Crippen LogP contribution is -2.37. The van der Waals surface area contributed by atoms with E-state index < -0.39 is 11.7 Å². The molecule has 2 aliphatic rings. The van der Waals surface area contributed by atoms with Crippen LogP contribution in [-0.2, 0) is 4.79 Å². The van der Waals surface area contributed by atoms with Crippen LogP contribution in [0.4, 0.5) is 5.69 Å². The van der Waals surface area contributed by atoms with Crippen molar-refractivity contribution in [3.8, 4) is 17.2 Å². The Kier molecular flexibility index (Phi) is 3.68. The number of Topliss-reactive ketones (excluding diaryl/α,β-unsaturated/α-hetero) is 1. The summed E-state index contributed by atoms with van der Waals surface area (Å²) in [5.41, 5.74) is 0.841. The molecular formula is C16H19NO5. The van der Waals surface area contributed by atoms with Crippen LogP contribution in [0.3, 0.4) is 0 Å². The van der Waals surface area contributed by atoms with Crippen molar-refractivity contribution < 1.29 is 23.8 Å². The summed E-state index contributed by atoms with van der Waals surface area (Å²) in [6.07, 6.45) is 3.97. The third-order valence-corrected chi connectivity index (χ3v) is 4.40. The van der Waals surface area contributed by atoms with Crippen LogP contribution >= 0.6 is 0 Å². The highest BCUT2D eigenvalue weighted by molar-refractivity contribution is 6.53. The van der Waals surface area contributed by atoms with Crippen LogP contribution < -0.4 is 19.1 Å². The van der Waals surface area contributed by atoms with Crippen molar-refractivity contribution in [2.24, 2.45) is 0 Å². The van der Waals surface area contributed by atoms with E-state index in [0.29, 0.717) is 17.2 Å². The van der Waals surface area contributed by atoms with Gasteiger partial charge in [0.15, 0.2) is 11.5 Å². The second-order valence-corrected chi connectivity index (χ2v) is 5.48. The number of fused-ring (bicyclic) bond motifs is 1. The number of methoxy groups -OCH3 is 3. The van der Waals surface area contributed by atoms with E-state index in [-0.39, 0.29) is 17.4 Å². The summed E-state index contributed by atoms with van der Waals surface area (Å²) >= 11 is 0. The molecule has 1 aromatic rings. The smallest absolute Gasteiger partial charge is 0.299 e. The second-order valence-electron chi connectivity index (χ2n) is 5.48. The molecule has 1 aromatic carbocycles. The van der Waals surface area contributed by atoms with Crippen LogP contribution in [-0.4, -0.2) is 39.1 Å². The Hall–Kier alpha value is -2.24. The molecule has 0 atom stereocenters. The van der Waals surface area contributed by atoms with Gasteiger partial charge in [0.05, 0.1) is 32.6 Å². The Morgan fingerprint density at radius 3 is 2.18 bits per heavy atom. The van der Waals surface area contributed by atoms with E-state index in [0.717, 1.165) is 25.7 Å². The lowest BCUT2D eigenvalue weighted by molar-refractivity contribution is -0.114. The van der Waals surface area contributed by atoms with Gasteiger partial charge in [0, 0.05) is 12.1 Å². The highest BCUT2D eigenvalue weighted by atomic mass is 16.5. The molecule has 6 nitrogen and oxygen atoms in total. The molecule has 0 unspecified atom stereocenters. The third kappa shape index (κ3) is 1.94. The minimum atomic E-state index is -0.542. The first-order chi connectivity index (χ1) is 10.6. The molecule has 0 N–H and O–H groups in total. The number of nitrogens with zero attached hydrogens (tertiary/aromatic N) is 1. The quantitative estimate of drug-likeness (QED) is 0.798. The SMILES string of the molecule is COc1cc2c(c(OC)c1OC)C(=O)C(=O)N2C1CCCC1. The summed E-state index contributed by atoms with van der Waals surface area (Å²) in [7, 11) is 4.44. The molecule has 6 heteroatoms. The lowest BCUT2D eigenvalue weighted by Gasteiger charge is -2.25. The van der Waals surface area contributed by atoms with E-state index in [9.17, 15) is 9.59 Å². The summed E-state index contributed by atoms with van der Waals surface area (Å²) in [5, 5.41) is 0. The molecule has 0 spiro atoms. The molecule has 0 bridgehead atoms. The van der Waals surface area contributed by atoms with E-state index in [4.69, 9.17) is 14.2 Å². The van der Waals surface area contributed by atoms with E-state index in [1.165, 1.54) is 21.3 Å². The number of hydrogen-bond acceptors (Lipinski definition) is 5. The number of carbonyl (C=O) groups excluding carboxylic acids is 2. The van der Waals surface area contributed by atoms with Gasteiger partial charge in [0.25, 0.3) is 11.7 Å². The number of benzene rings is 1. The molecule has 0 saturated heterocycles. The summed E-state index contributed by atoms with van der Waals surface area (Å²) < 4.78 is 16.0. The van der Waals surface area contributed by atoms with Gasteiger partial charge in [-0.3, -0.25) is 9.59 Å². The van der Waals surface area contributed by atoms with E-state index in [2.05, 4.69) is 0 Å². The second kappa shape index (κ2) is 5.51. The zero-order valence-electron chi connectivity index (χ0n) is 13.0. The van der Waals surface area contributed by atoms with Crippen molar-refractivity contribution in [3.05, 3.63) is 11.6 Å². The van der Waals surface area contributed by atoms with E-state index >= 15 is 0 Å². The molecule has 3 rings (SSSR count). The van der Waals surface area contributed by atoms with Gasteiger partial charge in [-0.05, 0) is 12.8 Å². The summed E-state index contributed by atoms with van der Waals surface area (Å²) in [5.74, 6) is 0.00711. The highest BCUT2D eigenvalue weighted by Gasteiger charge is 2.44. The number of ether oxygens (including phenoxy) is 3. The van der Waals surface area contributed by atoms with Gasteiger partial charge in [0.1, 0.15) is 0 Å².